The van der Waals surface area contributed by atoms with Crippen molar-refractivity contribution in [2.75, 3.05) is 0 Å². The molecule has 9 N–H and O–H groups in total. The van der Waals surface area contributed by atoms with E-state index in [0.717, 1.165) is 16.5 Å². The third-order valence-corrected chi connectivity index (χ3v) is 6.88. The van der Waals surface area contributed by atoms with E-state index in [-0.39, 0.29) is 31.1 Å². The van der Waals surface area contributed by atoms with Gasteiger partial charge in [-0.2, -0.15) is 0 Å². The van der Waals surface area contributed by atoms with Crippen LogP contribution in [0.5, 0.6) is 0 Å². The SMILES string of the molecule is CCC(C)C(NC(=O)C(CCC(N)=O)NC(=O)C(N)CC(C)C)C(=O)NC(Cc1c[nH]c2ccccc12)C(=O)O. The zero-order valence-electron chi connectivity index (χ0n) is 23.5. The van der Waals surface area contributed by atoms with E-state index < -0.39 is 53.8 Å². The van der Waals surface area contributed by atoms with Crippen LogP contribution in [0.4, 0.5) is 0 Å². The summed E-state index contributed by atoms with van der Waals surface area (Å²) in [7, 11) is 0. The van der Waals surface area contributed by atoms with Crippen molar-refractivity contribution in [3.05, 3.63) is 36.0 Å². The molecule has 5 atom stereocenters. The van der Waals surface area contributed by atoms with Gasteiger partial charge in [0, 0.05) is 29.9 Å². The fourth-order valence-corrected chi connectivity index (χ4v) is 4.39. The third-order valence-electron chi connectivity index (χ3n) is 6.88. The second kappa shape index (κ2) is 15.0. The van der Waals surface area contributed by atoms with Gasteiger partial charge in [0.05, 0.1) is 6.04 Å². The number of carboxylic acid groups (broad SMARTS) is 1. The standard InChI is InChI=1S/C28H42N6O6/c1-5-16(4)24(34-26(37)21(10-11-23(30)35)32-25(36)19(29)12-15(2)3)27(38)33-22(28(39)40)13-17-14-31-20-9-7-6-8-18(17)20/h6-9,14-16,19,21-22,24,31H,5,10-13,29H2,1-4H3,(H2,30,35)(H,32,36)(H,33,38)(H,34,37)(H,39,40). The molecule has 1 aromatic carbocycles. The molecule has 12 heteroatoms. The van der Waals surface area contributed by atoms with Gasteiger partial charge in [0.1, 0.15) is 18.1 Å². The lowest BCUT2D eigenvalue weighted by atomic mass is 9.96. The molecule has 220 valence electrons. The van der Waals surface area contributed by atoms with Gasteiger partial charge in [-0.15, -0.1) is 0 Å². The number of nitrogens with two attached hydrogens (primary N) is 2. The summed E-state index contributed by atoms with van der Waals surface area (Å²) in [5.74, 6) is -4.05. The average Bonchev–Trinajstić information content (AvgIpc) is 3.30. The number of carbonyl (C=O) groups excluding carboxylic acids is 4. The number of aromatic amines is 1. The lowest BCUT2D eigenvalue weighted by Gasteiger charge is -2.28. The number of para-hydroxylation sites is 1. The summed E-state index contributed by atoms with van der Waals surface area (Å²) in [5.41, 5.74) is 12.8. The molecule has 1 aromatic heterocycles. The van der Waals surface area contributed by atoms with Crippen molar-refractivity contribution in [1.29, 1.82) is 0 Å². The number of nitrogens with one attached hydrogen (secondary N) is 4. The van der Waals surface area contributed by atoms with E-state index in [0.29, 0.717) is 12.8 Å². The topological polar surface area (TPSA) is 209 Å². The van der Waals surface area contributed by atoms with Crippen LogP contribution in [0.1, 0.15) is 58.9 Å². The number of hydrogen-bond acceptors (Lipinski definition) is 6. The highest BCUT2D eigenvalue weighted by atomic mass is 16.4. The fraction of sp³-hybridized carbons (Fsp3) is 0.536. The van der Waals surface area contributed by atoms with E-state index in [1.165, 1.54) is 0 Å². The number of carbonyl (C=O) groups is 5. The Bertz CT molecular complexity index is 1190. The quantitative estimate of drug-likeness (QED) is 0.158. The van der Waals surface area contributed by atoms with Crippen LogP contribution in [0.2, 0.25) is 0 Å². The first-order valence-electron chi connectivity index (χ1n) is 13.6. The molecule has 0 aliphatic rings. The predicted octanol–water partition coefficient (Wildman–Crippen LogP) is 0.934. The summed E-state index contributed by atoms with van der Waals surface area (Å²) in [6.07, 6.45) is 2.35. The Balaban J connectivity index is 2.20. The van der Waals surface area contributed by atoms with Crippen molar-refractivity contribution in [3.63, 3.8) is 0 Å². The second-order valence-corrected chi connectivity index (χ2v) is 10.6. The van der Waals surface area contributed by atoms with Gasteiger partial charge < -0.3 is 37.5 Å². The maximum absolute atomic E-state index is 13.3. The van der Waals surface area contributed by atoms with E-state index in [1.807, 2.05) is 45.0 Å². The van der Waals surface area contributed by atoms with Gasteiger partial charge in [0.15, 0.2) is 0 Å². The molecule has 0 fully saturated rings. The summed E-state index contributed by atoms with van der Waals surface area (Å²) in [6.45, 7) is 7.38. The molecular formula is C28H42N6O6. The van der Waals surface area contributed by atoms with Crippen LogP contribution in [-0.4, -0.2) is 63.9 Å². The van der Waals surface area contributed by atoms with Gasteiger partial charge >= 0.3 is 5.97 Å². The number of amides is 4. The second-order valence-electron chi connectivity index (χ2n) is 10.6. The Labute approximate surface area is 234 Å². The minimum Gasteiger partial charge on any atom is -0.480 e. The maximum atomic E-state index is 13.3. The van der Waals surface area contributed by atoms with Crippen molar-refractivity contribution < 1.29 is 29.1 Å². The van der Waals surface area contributed by atoms with Crippen molar-refractivity contribution in [3.8, 4) is 0 Å². The summed E-state index contributed by atoms with van der Waals surface area (Å²) >= 11 is 0. The number of primary amides is 1. The van der Waals surface area contributed by atoms with E-state index in [1.54, 1.807) is 13.1 Å². The molecule has 5 unspecified atom stereocenters. The lowest BCUT2D eigenvalue weighted by Crippen LogP contribution is -2.59. The highest BCUT2D eigenvalue weighted by Crippen LogP contribution is 2.19. The predicted molar refractivity (Wildman–Crippen MR) is 151 cm³/mol. The zero-order valence-corrected chi connectivity index (χ0v) is 23.5. The largest absolute Gasteiger partial charge is 0.480 e. The number of benzene rings is 1. The Morgan fingerprint density at radius 1 is 0.950 bits per heavy atom. The smallest absolute Gasteiger partial charge is 0.326 e. The molecule has 40 heavy (non-hydrogen) atoms. The van der Waals surface area contributed by atoms with Crippen molar-refractivity contribution in [2.24, 2.45) is 23.3 Å². The summed E-state index contributed by atoms with van der Waals surface area (Å²) in [5, 5.41) is 18.5. The number of carboxylic acids is 1. The molecule has 1 heterocycles. The van der Waals surface area contributed by atoms with Crippen molar-refractivity contribution >= 4 is 40.5 Å². The highest BCUT2D eigenvalue weighted by molar-refractivity contribution is 5.94. The minimum absolute atomic E-state index is 0.0251. The lowest BCUT2D eigenvalue weighted by molar-refractivity contribution is -0.142. The first-order valence-corrected chi connectivity index (χ1v) is 13.6. The molecule has 4 amide bonds. The molecular weight excluding hydrogens is 516 g/mol. The third kappa shape index (κ3) is 9.37. The Morgan fingerprint density at radius 2 is 1.60 bits per heavy atom. The van der Waals surface area contributed by atoms with Crippen molar-refractivity contribution in [1.82, 2.24) is 20.9 Å². The van der Waals surface area contributed by atoms with E-state index in [9.17, 15) is 29.1 Å². The Morgan fingerprint density at radius 3 is 2.20 bits per heavy atom. The van der Waals surface area contributed by atoms with Gasteiger partial charge in [-0.1, -0.05) is 52.3 Å². The molecule has 12 nitrogen and oxygen atoms in total. The molecule has 0 aliphatic heterocycles. The number of rotatable bonds is 16. The molecule has 0 spiro atoms. The summed E-state index contributed by atoms with van der Waals surface area (Å²) < 4.78 is 0. The molecule has 0 saturated heterocycles. The van der Waals surface area contributed by atoms with E-state index >= 15 is 0 Å². The number of aliphatic carboxylic acids is 1. The Hall–Kier alpha value is -3.93. The molecule has 0 bridgehead atoms. The molecule has 2 rings (SSSR count). The summed E-state index contributed by atoms with van der Waals surface area (Å²) in [6, 6.07) is 3.04. The van der Waals surface area contributed by atoms with Crippen molar-refractivity contribution in [2.45, 2.75) is 84.0 Å². The molecule has 0 radical (unpaired) electrons. The van der Waals surface area contributed by atoms with Gasteiger partial charge in [0.25, 0.3) is 0 Å². The van der Waals surface area contributed by atoms with Crippen LogP contribution >= 0.6 is 0 Å². The van der Waals surface area contributed by atoms with E-state index in [4.69, 9.17) is 11.5 Å². The molecule has 0 saturated carbocycles. The Kier molecular flexibility index (Phi) is 12.1. The minimum atomic E-state index is -1.26. The number of hydrogen-bond donors (Lipinski definition) is 7. The van der Waals surface area contributed by atoms with Crippen LogP contribution < -0.4 is 27.4 Å². The maximum Gasteiger partial charge on any atom is 0.326 e. The van der Waals surface area contributed by atoms with Crippen LogP contribution in [0, 0.1) is 11.8 Å². The van der Waals surface area contributed by atoms with E-state index in [2.05, 4.69) is 20.9 Å². The van der Waals surface area contributed by atoms with Gasteiger partial charge in [-0.3, -0.25) is 19.2 Å². The number of fused-ring (bicyclic) bond motifs is 1. The normalized spacial score (nSPS) is 15.1. The monoisotopic (exact) mass is 558 g/mol. The van der Waals surface area contributed by atoms with Crippen LogP contribution in [0.3, 0.4) is 0 Å². The highest BCUT2D eigenvalue weighted by Gasteiger charge is 2.33. The average molecular weight is 559 g/mol. The van der Waals surface area contributed by atoms with Gasteiger partial charge in [0.2, 0.25) is 23.6 Å². The zero-order chi connectivity index (χ0) is 30.0. The first kappa shape index (κ1) is 32.3. The first-order chi connectivity index (χ1) is 18.8. The van der Waals surface area contributed by atoms with Gasteiger partial charge in [-0.05, 0) is 36.3 Å². The van der Waals surface area contributed by atoms with Crippen LogP contribution in [0.15, 0.2) is 30.5 Å². The summed E-state index contributed by atoms with van der Waals surface area (Å²) in [4.78, 5) is 65.8. The fourth-order valence-electron chi connectivity index (χ4n) is 4.39. The number of aromatic nitrogens is 1. The molecule has 2 aromatic rings. The van der Waals surface area contributed by atoms with Crippen LogP contribution in [-0.2, 0) is 30.4 Å². The molecule has 0 aliphatic carbocycles. The number of H-pyrrole nitrogens is 1. The van der Waals surface area contributed by atoms with Gasteiger partial charge in [-0.25, -0.2) is 4.79 Å². The van der Waals surface area contributed by atoms with Crippen LogP contribution in [0.25, 0.3) is 10.9 Å².